The lowest BCUT2D eigenvalue weighted by atomic mass is 10.1. The molecule has 0 radical (unpaired) electrons. The molecule has 1 amide bonds. The normalized spacial score (nSPS) is 16.0. The highest BCUT2D eigenvalue weighted by atomic mass is 16.5. The van der Waals surface area contributed by atoms with Gasteiger partial charge in [-0.1, -0.05) is 36.4 Å². The molecule has 7 heteroatoms. The Balaban J connectivity index is 1.49. The number of carboxylic acids is 1. The molecule has 0 saturated carbocycles. The lowest BCUT2D eigenvalue weighted by Crippen LogP contribution is -3.14. The molecule has 1 aliphatic heterocycles. The number of quaternary nitrogens is 2. The van der Waals surface area contributed by atoms with Gasteiger partial charge < -0.3 is 30.2 Å². The minimum absolute atomic E-state index is 0.115. The summed E-state index contributed by atoms with van der Waals surface area (Å²) in [6, 6.07) is 12.5. The molecule has 0 unspecified atom stereocenters. The number of amides is 1. The Morgan fingerprint density at radius 1 is 1.14 bits per heavy atom. The minimum Gasteiger partial charge on any atom is -0.544 e. The van der Waals surface area contributed by atoms with Crippen molar-refractivity contribution < 1.29 is 29.6 Å². The number of carboxylic acid groups (broad SMARTS) is 1. The first-order chi connectivity index (χ1) is 13.6. The number of fused-ring (bicyclic) bond motifs is 1. The van der Waals surface area contributed by atoms with Crippen LogP contribution >= 0.6 is 0 Å². The van der Waals surface area contributed by atoms with Crippen LogP contribution in [0.5, 0.6) is 0 Å². The maximum atomic E-state index is 12.4. The number of rotatable bonds is 9. The van der Waals surface area contributed by atoms with E-state index in [-0.39, 0.29) is 12.3 Å². The van der Waals surface area contributed by atoms with E-state index in [2.05, 4.69) is 5.32 Å². The number of nitrogens with two attached hydrogens (primary N) is 1. The van der Waals surface area contributed by atoms with Crippen molar-refractivity contribution in [2.75, 3.05) is 44.7 Å². The third-order valence-corrected chi connectivity index (χ3v) is 5.16. The van der Waals surface area contributed by atoms with E-state index in [0.717, 1.165) is 50.0 Å². The molecular formula is C21H28N3O4+. The van der Waals surface area contributed by atoms with Gasteiger partial charge in [0.1, 0.15) is 19.1 Å². The van der Waals surface area contributed by atoms with Gasteiger partial charge in [0.2, 0.25) is 5.91 Å². The molecule has 1 atom stereocenters. The van der Waals surface area contributed by atoms with Gasteiger partial charge in [-0.2, -0.15) is 0 Å². The quantitative estimate of drug-likeness (QED) is 0.441. The van der Waals surface area contributed by atoms with Crippen LogP contribution in [0.1, 0.15) is 12.8 Å². The number of benzene rings is 2. The van der Waals surface area contributed by atoms with E-state index in [1.54, 1.807) is 5.32 Å². The summed E-state index contributed by atoms with van der Waals surface area (Å²) < 4.78 is 5.34. The summed E-state index contributed by atoms with van der Waals surface area (Å²) in [6.07, 6.45) is 0.778. The first-order valence-corrected chi connectivity index (χ1v) is 9.86. The topological polar surface area (TPSA) is 99.5 Å². The molecular weight excluding hydrogens is 358 g/mol. The summed E-state index contributed by atoms with van der Waals surface area (Å²) >= 11 is 0. The van der Waals surface area contributed by atoms with Crippen molar-refractivity contribution in [3.63, 3.8) is 0 Å². The van der Waals surface area contributed by atoms with Crippen LogP contribution in [0.15, 0.2) is 42.5 Å². The van der Waals surface area contributed by atoms with Crippen molar-refractivity contribution in [3.8, 4) is 0 Å². The molecule has 1 fully saturated rings. The summed E-state index contributed by atoms with van der Waals surface area (Å²) in [5, 5.41) is 18.0. The number of carbonyl (C=O) groups excluding carboxylic acids is 2. The summed E-state index contributed by atoms with van der Waals surface area (Å²) in [4.78, 5) is 25.3. The average Bonchev–Trinajstić information content (AvgIpc) is 2.71. The summed E-state index contributed by atoms with van der Waals surface area (Å²) in [7, 11) is 0. The molecule has 7 nitrogen and oxygen atoms in total. The molecule has 0 spiro atoms. The highest BCUT2D eigenvalue weighted by Gasteiger charge is 2.19. The van der Waals surface area contributed by atoms with Crippen LogP contribution in [0.4, 0.5) is 5.69 Å². The van der Waals surface area contributed by atoms with E-state index in [4.69, 9.17) is 4.74 Å². The Kier molecular flexibility index (Phi) is 7.36. The van der Waals surface area contributed by atoms with Crippen LogP contribution in [0.25, 0.3) is 10.8 Å². The first-order valence-electron chi connectivity index (χ1n) is 9.86. The molecule has 3 rings (SSSR count). The van der Waals surface area contributed by atoms with Gasteiger partial charge in [0.25, 0.3) is 0 Å². The Bertz CT molecular complexity index is 800. The number of nitrogens with one attached hydrogen (secondary N) is 2. The summed E-state index contributed by atoms with van der Waals surface area (Å²) in [5.41, 5.74) is 0.691. The number of aliphatic carboxylic acids is 1. The van der Waals surface area contributed by atoms with E-state index in [0.29, 0.717) is 12.2 Å². The van der Waals surface area contributed by atoms with Crippen LogP contribution in [-0.2, 0) is 14.3 Å². The summed E-state index contributed by atoms with van der Waals surface area (Å²) in [5.74, 6) is -1.52. The molecule has 2 aromatic rings. The second kappa shape index (κ2) is 10.2. The predicted octanol–water partition coefficient (Wildman–Crippen LogP) is -1.84. The second-order valence-electron chi connectivity index (χ2n) is 7.19. The maximum absolute atomic E-state index is 12.4. The second-order valence-corrected chi connectivity index (χ2v) is 7.19. The van der Waals surface area contributed by atoms with Gasteiger partial charge in [0.05, 0.1) is 38.7 Å². The van der Waals surface area contributed by atoms with Gasteiger partial charge in [-0.3, -0.25) is 4.79 Å². The monoisotopic (exact) mass is 386 g/mol. The van der Waals surface area contributed by atoms with E-state index in [1.165, 1.54) is 4.90 Å². The SMILES string of the molecule is O=C(C[C@@H]([NH2+]CCC[NH+]1CCOCC1)C(=O)[O-])Nc1cccc2ccccc12. The molecule has 1 aliphatic rings. The molecule has 150 valence electrons. The fraction of sp³-hybridized carbons (Fsp3) is 0.429. The van der Waals surface area contributed by atoms with Gasteiger partial charge in [-0.25, -0.2) is 0 Å². The van der Waals surface area contributed by atoms with Crippen molar-refractivity contribution in [1.82, 2.24) is 0 Å². The molecule has 4 N–H and O–H groups in total. The Hall–Kier alpha value is -2.48. The Morgan fingerprint density at radius 3 is 2.68 bits per heavy atom. The first kappa shape index (κ1) is 20.3. The number of anilines is 1. The van der Waals surface area contributed by atoms with Crippen LogP contribution in [0.3, 0.4) is 0 Å². The van der Waals surface area contributed by atoms with Crippen molar-refractivity contribution in [2.24, 2.45) is 0 Å². The number of hydrogen-bond acceptors (Lipinski definition) is 4. The molecule has 0 aromatic heterocycles. The molecule has 1 saturated heterocycles. The summed E-state index contributed by atoms with van der Waals surface area (Å²) in [6.45, 7) is 5.21. The van der Waals surface area contributed by atoms with Gasteiger partial charge in [0, 0.05) is 17.5 Å². The molecule has 0 bridgehead atoms. The van der Waals surface area contributed by atoms with Crippen LogP contribution in [0.2, 0.25) is 0 Å². The Morgan fingerprint density at radius 2 is 1.89 bits per heavy atom. The smallest absolute Gasteiger partial charge is 0.230 e. The van der Waals surface area contributed by atoms with Crippen LogP contribution < -0.4 is 20.6 Å². The van der Waals surface area contributed by atoms with Crippen LogP contribution in [0, 0.1) is 0 Å². The zero-order valence-electron chi connectivity index (χ0n) is 16.0. The van der Waals surface area contributed by atoms with Crippen molar-refractivity contribution in [1.29, 1.82) is 0 Å². The molecule has 2 aromatic carbocycles. The molecule has 28 heavy (non-hydrogen) atoms. The van der Waals surface area contributed by atoms with Crippen LogP contribution in [-0.4, -0.2) is 57.3 Å². The van der Waals surface area contributed by atoms with Gasteiger partial charge >= 0.3 is 0 Å². The lowest BCUT2D eigenvalue weighted by Gasteiger charge is -2.23. The fourth-order valence-electron chi connectivity index (χ4n) is 3.58. The fourth-order valence-corrected chi connectivity index (χ4v) is 3.58. The number of morpholine rings is 1. The van der Waals surface area contributed by atoms with Gasteiger partial charge in [0.15, 0.2) is 0 Å². The van der Waals surface area contributed by atoms with E-state index in [1.807, 2.05) is 42.5 Å². The molecule has 1 heterocycles. The lowest BCUT2D eigenvalue weighted by molar-refractivity contribution is -0.909. The highest BCUT2D eigenvalue weighted by molar-refractivity contribution is 6.02. The number of carbonyl (C=O) groups is 2. The zero-order chi connectivity index (χ0) is 19.8. The highest BCUT2D eigenvalue weighted by Crippen LogP contribution is 2.22. The zero-order valence-corrected chi connectivity index (χ0v) is 16.0. The van der Waals surface area contributed by atoms with Crippen molar-refractivity contribution in [3.05, 3.63) is 42.5 Å². The number of ether oxygens (including phenoxy) is 1. The van der Waals surface area contributed by atoms with Crippen molar-refractivity contribution >= 4 is 28.3 Å². The van der Waals surface area contributed by atoms with Gasteiger partial charge in [-0.05, 0) is 11.5 Å². The minimum atomic E-state index is -1.20. The van der Waals surface area contributed by atoms with Crippen molar-refractivity contribution in [2.45, 2.75) is 18.9 Å². The largest absolute Gasteiger partial charge is 0.544 e. The van der Waals surface area contributed by atoms with E-state index >= 15 is 0 Å². The predicted molar refractivity (Wildman–Crippen MR) is 104 cm³/mol. The van der Waals surface area contributed by atoms with E-state index in [9.17, 15) is 14.7 Å². The number of hydrogen-bond donors (Lipinski definition) is 3. The molecule has 0 aliphatic carbocycles. The van der Waals surface area contributed by atoms with E-state index < -0.39 is 12.0 Å². The third kappa shape index (κ3) is 5.76. The maximum Gasteiger partial charge on any atom is 0.230 e. The standard InChI is InChI=1S/C21H27N3O4/c25-20(23-18-8-3-6-16-5-1-2-7-17(16)18)15-19(21(26)27)22-9-4-10-24-11-13-28-14-12-24/h1-3,5-8,19,22H,4,9-15H2,(H,23,25)(H,26,27)/p+1/t19-/m1/s1. The third-order valence-electron chi connectivity index (χ3n) is 5.16. The Labute approximate surface area is 164 Å². The van der Waals surface area contributed by atoms with Gasteiger partial charge in [-0.15, -0.1) is 0 Å². The average molecular weight is 386 g/mol.